The molecule has 2 aromatic carbocycles. The number of fused-ring (bicyclic) bond motifs is 2. The molecule has 0 spiro atoms. The fourth-order valence-electron chi connectivity index (χ4n) is 4.60. The Morgan fingerprint density at radius 1 is 1.00 bits per heavy atom. The van der Waals surface area contributed by atoms with Gasteiger partial charge in [0.15, 0.2) is 0 Å². The lowest BCUT2D eigenvalue weighted by atomic mass is 10.0. The lowest BCUT2D eigenvalue weighted by Gasteiger charge is -2.19. The first-order valence-corrected chi connectivity index (χ1v) is 9.47. The highest BCUT2D eigenvalue weighted by Gasteiger charge is 2.39. The van der Waals surface area contributed by atoms with Crippen molar-refractivity contribution < 1.29 is 5.32 Å². The van der Waals surface area contributed by atoms with E-state index in [-0.39, 0.29) is 0 Å². The van der Waals surface area contributed by atoms with Gasteiger partial charge in [-0.1, -0.05) is 25.1 Å². The van der Waals surface area contributed by atoms with Crippen molar-refractivity contribution in [2.24, 2.45) is 11.8 Å². The molecule has 2 fully saturated rings. The van der Waals surface area contributed by atoms with Crippen LogP contribution >= 0.6 is 0 Å². The van der Waals surface area contributed by atoms with E-state index in [1.165, 1.54) is 48.5 Å². The number of rotatable bonds is 3. The predicted molar refractivity (Wildman–Crippen MR) is 101 cm³/mol. The number of hydrogen-bond acceptors (Lipinski definition) is 2. The van der Waals surface area contributed by atoms with E-state index in [2.05, 4.69) is 70.4 Å². The van der Waals surface area contributed by atoms with E-state index >= 15 is 0 Å². The minimum atomic E-state index is 0.862. The number of aromatic nitrogens is 2. The standard InChI is InChI=1S/C21H24N4/c1-2-20-19-9-8-18(24-13-15-11-22-12-16(15)14-24)10-21(19)25(23-20)17-6-4-3-5-7-17/h3-10,15-16,22H,2,11-14H2,1H3/p+1/t15-,16+. The molecule has 3 aromatic rings. The second-order valence-electron chi connectivity index (χ2n) is 7.43. The number of hydrogen-bond donors (Lipinski definition) is 1. The number of anilines is 1. The van der Waals surface area contributed by atoms with Crippen molar-refractivity contribution in [1.82, 2.24) is 9.78 Å². The van der Waals surface area contributed by atoms with Crippen molar-refractivity contribution in [2.45, 2.75) is 13.3 Å². The fourth-order valence-corrected chi connectivity index (χ4v) is 4.60. The van der Waals surface area contributed by atoms with Crippen molar-refractivity contribution in [2.75, 3.05) is 31.1 Å². The quantitative estimate of drug-likeness (QED) is 0.798. The second kappa shape index (κ2) is 5.88. The Morgan fingerprint density at radius 3 is 2.48 bits per heavy atom. The zero-order chi connectivity index (χ0) is 16.8. The lowest BCUT2D eigenvalue weighted by molar-refractivity contribution is -0.640. The van der Waals surface area contributed by atoms with E-state index < -0.39 is 0 Å². The highest BCUT2D eigenvalue weighted by molar-refractivity contribution is 5.87. The molecule has 0 aliphatic carbocycles. The molecule has 2 atom stereocenters. The maximum atomic E-state index is 4.90. The van der Waals surface area contributed by atoms with Crippen LogP contribution in [0.5, 0.6) is 0 Å². The minimum absolute atomic E-state index is 0.862. The van der Waals surface area contributed by atoms with Crippen molar-refractivity contribution in [3.63, 3.8) is 0 Å². The van der Waals surface area contributed by atoms with Gasteiger partial charge in [0, 0.05) is 36.0 Å². The molecule has 5 rings (SSSR count). The number of aryl methyl sites for hydroxylation is 1. The molecule has 0 amide bonds. The molecule has 2 aliphatic heterocycles. The monoisotopic (exact) mass is 333 g/mol. The smallest absolute Gasteiger partial charge is 0.0806 e. The van der Waals surface area contributed by atoms with Crippen LogP contribution in [0.2, 0.25) is 0 Å². The molecule has 2 saturated heterocycles. The molecular formula is C21H25N4+. The Hall–Kier alpha value is -2.33. The summed E-state index contributed by atoms with van der Waals surface area (Å²) in [6, 6.07) is 17.4. The van der Waals surface area contributed by atoms with Crippen LogP contribution in [0.3, 0.4) is 0 Å². The molecule has 0 bridgehead atoms. The summed E-state index contributed by atoms with van der Waals surface area (Å²) in [6.07, 6.45) is 0.958. The van der Waals surface area contributed by atoms with Gasteiger partial charge in [-0.05, 0) is 36.8 Å². The molecule has 4 nitrogen and oxygen atoms in total. The minimum Gasteiger partial charge on any atom is -0.370 e. The third kappa shape index (κ3) is 2.44. The SMILES string of the molecule is CCc1nn(-c2ccccc2)c2cc(N3C[C@H]4C[NH2+]C[C@H]4C3)ccc12. The molecule has 2 N–H and O–H groups in total. The van der Waals surface area contributed by atoms with Crippen LogP contribution in [0.25, 0.3) is 16.6 Å². The molecule has 2 aliphatic rings. The van der Waals surface area contributed by atoms with Crippen molar-refractivity contribution >= 4 is 16.6 Å². The van der Waals surface area contributed by atoms with Crippen LogP contribution in [0, 0.1) is 11.8 Å². The van der Waals surface area contributed by atoms with Crippen LogP contribution in [0.1, 0.15) is 12.6 Å². The van der Waals surface area contributed by atoms with Crippen molar-refractivity contribution in [1.29, 1.82) is 0 Å². The Morgan fingerprint density at radius 2 is 1.76 bits per heavy atom. The first-order valence-electron chi connectivity index (χ1n) is 9.47. The van der Waals surface area contributed by atoms with E-state index in [9.17, 15) is 0 Å². The maximum Gasteiger partial charge on any atom is 0.0806 e. The van der Waals surface area contributed by atoms with Gasteiger partial charge in [0.2, 0.25) is 0 Å². The Bertz CT molecular complexity index is 887. The van der Waals surface area contributed by atoms with E-state index in [0.29, 0.717) is 0 Å². The van der Waals surface area contributed by atoms with E-state index in [1.54, 1.807) is 0 Å². The first-order chi connectivity index (χ1) is 12.3. The zero-order valence-electron chi connectivity index (χ0n) is 14.7. The van der Waals surface area contributed by atoms with E-state index in [0.717, 1.165) is 23.9 Å². The van der Waals surface area contributed by atoms with E-state index in [1.807, 2.05) is 0 Å². The molecule has 0 unspecified atom stereocenters. The summed E-state index contributed by atoms with van der Waals surface area (Å²) in [5.74, 6) is 1.72. The average Bonchev–Trinajstić information content (AvgIpc) is 3.34. The Kier molecular flexibility index (Phi) is 3.52. The normalized spacial score (nSPS) is 22.7. The average molecular weight is 333 g/mol. The summed E-state index contributed by atoms with van der Waals surface area (Å²) in [5.41, 5.74) is 4.89. The first kappa shape index (κ1) is 15.0. The van der Waals surface area contributed by atoms with Crippen LogP contribution in [-0.2, 0) is 6.42 Å². The highest BCUT2D eigenvalue weighted by Crippen LogP contribution is 2.32. The van der Waals surface area contributed by atoms with Crippen LogP contribution in [0.15, 0.2) is 48.5 Å². The molecule has 0 radical (unpaired) electrons. The lowest BCUT2D eigenvalue weighted by Crippen LogP contribution is -2.82. The molecule has 3 heterocycles. The van der Waals surface area contributed by atoms with Crippen molar-refractivity contribution in [3.8, 4) is 5.69 Å². The Labute approximate surface area is 148 Å². The maximum absolute atomic E-state index is 4.90. The van der Waals surface area contributed by atoms with Gasteiger partial charge in [-0.2, -0.15) is 5.10 Å². The van der Waals surface area contributed by atoms with Gasteiger partial charge in [-0.25, -0.2) is 4.68 Å². The molecular weight excluding hydrogens is 308 g/mol. The Balaban J connectivity index is 1.59. The summed E-state index contributed by atoms with van der Waals surface area (Å²) in [4.78, 5) is 2.58. The van der Waals surface area contributed by atoms with Crippen LogP contribution in [0.4, 0.5) is 5.69 Å². The number of para-hydroxylation sites is 1. The van der Waals surface area contributed by atoms with Gasteiger partial charge in [-0.15, -0.1) is 0 Å². The molecule has 4 heteroatoms. The number of nitrogens with zero attached hydrogens (tertiary/aromatic N) is 3. The fraction of sp³-hybridized carbons (Fsp3) is 0.381. The van der Waals surface area contributed by atoms with Gasteiger partial charge in [0.1, 0.15) is 0 Å². The summed E-state index contributed by atoms with van der Waals surface area (Å²) in [5, 5.41) is 8.66. The van der Waals surface area contributed by atoms with Crippen LogP contribution < -0.4 is 10.2 Å². The van der Waals surface area contributed by atoms with Gasteiger partial charge in [0.05, 0.1) is 30.0 Å². The number of nitrogens with two attached hydrogens (primary N) is 1. The number of quaternary nitrogens is 1. The summed E-state index contributed by atoms with van der Waals surface area (Å²) < 4.78 is 2.11. The zero-order valence-corrected chi connectivity index (χ0v) is 14.7. The predicted octanol–water partition coefficient (Wildman–Crippen LogP) is 2.22. The number of benzene rings is 2. The second-order valence-corrected chi connectivity index (χ2v) is 7.43. The molecule has 128 valence electrons. The topological polar surface area (TPSA) is 37.7 Å². The largest absolute Gasteiger partial charge is 0.370 e. The third-order valence-electron chi connectivity index (χ3n) is 5.96. The molecule has 25 heavy (non-hydrogen) atoms. The van der Waals surface area contributed by atoms with Gasteiger partial charge in [-0.3, -0.25) is 0 Å². The summed E-state index contributed by atoms with van der Waals surface area (Å²) >= 11 is 0. The summed E-state index contributed by atoms with van der Waals surface area (Å²) in [6.45, 7) is 7.18. The third-order valence-corrected chi connectivity index (χ3v) is 5.96. The highest BCUT2D eigenvalue weighted by atomic mass is 15.3. The van der Waals surface area contributed by atoms with Gasteiger partial charge >= 0.3 is 0 Å². The molecule has 1 aromatic heterocycles. The van der Waals surface area contributed by atoms with E-state index in [4.69, 9.17) is 5.10 Å². The molecule has 0 saturated carbocycles. The van der Waals surface area contributed by atoms with Gasteiger partial charge in [0.25, 0.3) is 0 Å². The van der Waals surface area contributed by atoms with Crippen molar-refractivity contribution in [3.05, 3.63) is 54.2 Å². The summed E-state index contributed by atoms with van der Waals surface area (Å²) in [7, 11) is 0. The van der Waals surface area contributed by atoms with Gasteiger partial charge < -0.3 is 10.2 Å². The van der Waals surface area contributed by atoms with Crippen LogP contribution in [-0.4, -0.2) is 36.0 Å².